The Balaban J connectivity index is 2.90. The molecular weight excluding hydrogens is 302 g/mol. The van der Waals surface area contributed by atoms with Crippen LogP contribution < -0.4 is 5.14 Å². The summed E-state index contributed by atoms with van der Waals surface area (Å²) in [7, 11) is -3.53. The van der Waals surface area contributed by atoms with Gasteiger partial charge in [0.05, 0.1) is 4.75 Å². The number of rotatable bonds is 4. The van der Waals surface area contributed by atoms with E-state index in [1.807, 2.05) is 31.2 Å². The van der Waals surface area contributed by atoms with E-state index in [1.165, 1.54) is 0 Å². The fourth-order valence-electron chi connectivity index (χ4n) is 1.78. The Kier molecular flexibility index (Phi) is 4.38. The molecule has 0 spiro atoms. The molecule has 0 aliphatic rings. The van der Waals surface area contributed by atoms with Crippen LogP contribution in [0.1, 0.15) is 38.7 Å². The molecular formula is C12H18BrNO2S. The highest BCUT2D eigenvalue weighted by atomic mass is 79.9. The van der Waals surface area contributed by atoms with Gasteiger partial charge in [0.15, 0.2) is 0 Å². The first-order valence-electron chi connectivity index (χ1n) is 5.41. The molecule has 17 heavy (non-hydrogen) atoms. The standard InChI is InChI=1S/C12H18BrNO2S/c1-9(8-12(2,3)17(14,15)16)10-5-4-6-11(13)7-10/h4-7,9H,8H2,1-3H3,(H2,14,15,16). The lowest BCUT2D eigenvalue weighted by molar-refractivity contribution is 0.500. The molecule has 1 aromatic carbocycles. The van der Waals surface area contributed by atoms with Crippen LogP contribution in [0, 0.1) is 0 Å². The third kappa shape index (κ3) is 3.79. The van der Waals surface area contributed by atoms with E-state index >= 15 is 0 Å². The summed E-state index contributed by atoms with van der Waals surface area (Å²) in [6.07, 6.45) is 0.502. The molecule has 1 aromatic rings. The smallest absolute Gasteiger partial charge is 0.214 e. The van der Waals surface area contributed by atoms with Crippen LogP contribution >= 0.6 is 15.9 Å². The molecule has 0 saturated heterocycles. The number of hydrogen-bond donors (Lipinski definition) is 1. The highest BCUT2D eigenvalue weighted by Crippen LogP contribution is 2.30. The van der Waals surface area contributed by atoms with E-state index in [0.29, 0.717) is 6.42 Å². The lowest BCUT2D eigenvalue weighted by atomic mass is 9.91. The van der Waals surface area contributed by atoms with Crippen LogP contribution in [0.15, 0.2) is 28.7 Å². The van der Waals surface area contributed by atoms with E-state index in [2.05, 4.69) is 15.9 Å². The average molecular weight is 320 g/mol. The van der Waals surface area contributed by atoms with E-state index in [-0.39, 0.29) is 5.92 Å². The van der Waals surface area contributed by atoms with Crippen LogP contribution in [-0.4, -0.2) is 13.2 Å². The Morgan fingerprint density at radius 1 is 1.41 bits per heavy atom. The Morgan fingerprint density at radius 2 is 2.00 bits per heavy atom. The third-order valence-corrected chi connectivity index (χ3v) is 5.19. The fourth-order valence-corrected chi connectivity index (χ4v) is 2.68. The number of sulfonamides is 1. The number of hydrogen-bond acceptors (Lipinski definition) is 2. The van der Waals surface area contributed by atoms with Crippen LogP contribution in [0.2, 0.25) is 0 Å². The molecule has 1 atom stereocenters. The predicted molar refractivity (Wildman–Crippen MR) is 74.4 cm³/mol. The molecule has 1 rings (SSSR count). The molecule has 0 aliphatic carbocycles. The van der Waals surface area contributed by atoms with Gasteiger partial charge in [-0.15, -0.1) is 0 Å². The Labute approximate surface area is 112 Å². The van der Waals surface area contributed by atoms with Gasteiger partial charge in [-0.05, 0) is 43.9 Å². The molecule has 0 fully saturated rings. The van der Waals surface area contributed by atoms with Gasteiger partial charge in [-0.1, -0.05) is 35.0 Å². The summed E-state index contributed by atoms with van der Waals surface area (Å²) in [6, 6.07) is 7.89. The van der Waals surface area contributed by atoms with Crippen molar-refractivity contribution >= 4 is 26.0 Å². The molecule has 3 nitrogen and oxygen atoms in total. The monoisotopic (exact) mass is 319 g/mol. The van der Waals surface area contributed by atoms with E-state index in [9.17, 15) is 8.42 Å². The first-order chi connectivity index (χ1) is 7.63. The zero-order valence-corrected chi connectivity index (χ0v) is 12.7. The molecule has 1 unspecified atom stereocenters. The summed E-state index contributed by atoms with van der Waals surface area (Å²) in [4.78, 5) is 0. The summed E-state index contributed by atoms with van der Waals surface area (Å²) in [6.45, 7) is 5.34. The maximum atomic E-state index is 11.5. The zero-order chi connectivity index (χ0) is 13.3. The van der Waals surface area contributed by atoms with Crippen molar-refractivity contribution in [1.82, 2.24) is 0 Å². The number of nitrogens with two attached hydrogens (primary N) is 1. The molecule has 0 amide bonds. The maximum Gasteiger partial charge on any atom is 0.214 e. The first kappa shape index (κ1) is 14.7. The molecule has 5 heteroatoms. The molecule has 0 heterocycles. The Hall–Kier alpha value is -0.390. The van der Waals surface area contributed by atoms with Crippen LogP contribution in [0.5, 0.6) is 0 Å². The predicted octanol–water partition coefficient (Wildman–Crippen LogP) is 3.01. The summed E-state index contributed by atoms with van der Waals surface area (Å²) in [5.41, 5.74) is 1.11. The van der Waals surface area contributed by atoms with Crippen LogP contribution in [0.3, 0.4) is 0 Å². The van der Waals surface area contributed by atoms with E-state index in [0.717, 1.165) is 10.0 Å². The number of benzene rings is 1. The van der Waals surface area contributed by atoms with Crippen molar-refractivity contribution < 1.29 is 8.42 Å². The lowest BCUT2D eigenvalue weighted by Gasteiger charge is -2.26. The summed E-state index contributed by atoms with van der Waals surface area (Å²) >= 11 is 3.41. The van der Waals surface area contributed by atoms with Gasteiger partial charge in [0.1, 0.15) is 0 Å². The van der Waals surface area contributed by atoms with Gasteiger partial charge in [-0.3, -0.25) is 0 Å². The van der Waals surface area contributed by atoms with Crippen LogP contribution in [0.25, 0.3) is 0 Å². The van der Waals surface area contributed by atoms with Crippen molar-refractivity contribution in [3.05, 3.63) is 34.3 Å². The van der Waals surface area contributed by atoms with Gasteiger partial charge >= 0.3 is 0 Å². The Morgan fingerprint density at radius 3 is 2.47 bits per heavy atom. The molecule has 0 aliphatic heterocycles. The highest BCUT2D eigenvalue weighted by molar-refractivity contribution is 9.10. The Bertz CT molecular complexity index is 497. The summed E-state index contributed by atoms with van der Waals surface area (Å²) in [5, 5.41) is 5.23. The SMILES string of the molecule is CC(CC(C)(C)S(N)(=O)=O)c1cccc(Br)c1. The zero-order valence-electron chi connectivity index (χ0n) is 10.3. The molecule has 2 N–H and O–H groups in total. The molecule has 0 radical (unpaired) electrons. The number of primary sulfonamides is 1. The maximum absolute atomic E-state index is 11.5. The van der Waals surface area contributed by atoms with Crippen molar-refractivity contribution in [3.63, 3.8) is 0 Å². The topological polar surface area (TPSA) is 60.2 Å². The normalized spacial score (nSPS) is 14.6. The van der Waals surface area contributed by atoms with Gasteiger partial charge in [0, 0.05) is 4.47 Å². The average Bonchev–Trinajstić information content (AvgIpc) is 2.15. The van der Waals surface area contributed by atoms with Crippen molar-refractivity contribution in [2.24, 2.45) is 5.14 Å². The number of halogens is 1. The molecule has 0 aromatic heterocycles. The molecule has 0 saturated carbocycles. The van der Waals surface area contributed by atoms with Gasteiger partial charge in [-0.2, -0.15) is 0 Å². The van der Waals surface area contributed by atoms with Crippen molar-refractivity contribution in [1.29, 1.82) is 0 Å². The lowest BCUT2D eigenvalue weighted by Crippen LogP contribution is -2.38. The van der Waals surface area contributed by atoms with Crippen molar-refractivity contribution in [3.8, 4) is 0 Å². The second-order valence-corrected chi connectivity index (χ2v) is 8.08. The quantitative estimate of drug-likeness (QED) is 0.927. The largest absolute Gasteiger partial charge is 0.228 e. The van der Waals surface area contributed by atoms with Crippen molar-refractivity contribution in [2.75, 3.05) is 0 Å². The van der Waals surface area contributed by atoms with E-state index < -0.39 is 14.8 Å². The van der Waals surface area contributed by atoms with Gasteiger partial charge in [-0.25, -0.2) is 13.6 Å². The third-order valence-electron chi connectivity index (χ3n) is 2.99. The molecule has 96 valence electrons. The minimum absolute atomic E-state index is 0.140. The van der Waals surface area contributed by atoms with Crippen molar-refractivity contribution in [2.45, 2.75) is 37.9 Å². The van der Waals surface area contributed by atoms with Crippen LogP contribution in [-0.2, 0) is 10.0 Å². The second-order valence-electron chi connectivity index (χ2n) is 4.96. The minimum atomic E-state index is -3.53. The van der Waals surface area contributed by atoms with Gasteiger partial charge < -0.3 is 0 Å². The first-order valence-corrected chi connectivity index (χ1v) is 7.75. The highest BCUT2D eigenvalue weighted by Gasteiger charge is 2.32. The van der Waals surface area contributed by atoms with Gasteiger partial charge in [0.2, 0.25) is 10.0 Å². The van der Waals surface area contributed by atoms with E-state index in [4.69, 9.17) is 5.14 Å². The van der Waals surface area contributed by atoms with Crippen LogP contribution in [0.4, 0.5) is 0 Å². The van der Waals surface area contributed by atoms with E-state index in [1.54, 1.807) is 13.8 Å². The minimum Gasteiger partial charge on any atom is -0.228 e. The fraction of sp³-hybridized carbons (Fsp3) is 0.500. The van der Waals surface area contributed by atoms with Gasteiger partial charge in [0.25, 0.3) is 0 Å². The summed E-state index contributed by atoms with van der Waals surface area (Å²) < 4.78 is 23.0. The summed E-state index contributed by atoms with van der Waals surface area (Å²) in [5.74, 6) is 0.140. The molecule has 0 bridgehead atoms. The second kappa shape index (κ2) is 5.08.